The summed E-state index contributed by atoms with van der Waals surface area (Å²) in [5, 5.41) is 4.80. The van der Waals surface area contributed by atoms with Crippen molar-refractivity contribution in [2.24, 2.45) is 0 Å². The maximum atomic E-state index is 13.0. The van der Waals surface area contributed by atoms with Crippen LogP contribution in [0.2, 0.25) is 0 Å². The zero-order valence-electron chi connectivity index (χ0n) is 16.0. The van der Waals surface area contributed by atoms with Crippen molar-refractivity contribution in [3.05, 3.63) is 51.6 Å². The summed E-state index contributed by atoms with van der Waals surface area (Å²) in [5.41, 5.74) is 2.61. The number of amides is 1. The van der Waals surface area contributed by atoms with E-state index in [1.807, 2.05) is 42.6 Å². The number of hydrogen-bond acceptors (Lipinski definition) is 5. The second-order valence-corrected chi connectivity index (χ2v) is 8.13. The molecule has 6 nitrogen and oxygen atoms in total. The van der Waals surface area contributed by atoms with Gasteiger partial charge in [-0.2, -0.15) is 0 Å². The van der Waals surface area contributed by atoms with E-state index in [9.17, 15) is 9.59 Å². The number of benzene rings is 1. The third-order valence-electron chi connectivity index (χ3n) is 5.08. The Morgan fingerprint density at radius 1 is 1.14 bits per heavy atom. The number of carbonyl (C=O) groups is 1. The first kappa shape index (κ1) is 18.7. The monoisotopic (exact) mass is 396 g/mol. The van der Waals surface area contributed by atoms with Crippen LogP contribution in [0.1, 0.15) is 31.2 Å². The fraction of sp³-hybridized carbons (Fsp3) is 0.381. The Hall–Kier alpha value is -2.67. The molecule has 1 amide bonds. The Bertz CT molecular complexity index is 1030. The Labute approximate surface area is 167 Å². The number of nitrogens with one attached hydrogen (secondary N) is 1. The Kier molecular flexibility index (Phi) is 5.43. The fourth-order valence-corrected chi connectivity index (χ4v) is 4.32. The van der Waals surface area contributed by atoms with Crippen molar-refractivity contribution in [1.82, 2.24) is 9.55 Å². The van der Waals surface area contributed by atoms with Crippen molar-refractivity contribution in [3.8, 4) is 0 Å². The van der Waals surface area contributed by atoms with E-state index in [-0.39, 0.29) is 17.9 Å². The first-order valence-electron chi connectivity index (χ1n) is 9.71. The lowest BCUT2D eigenvalue weighted by atomic mass is 10.1. The van der Waals surface area contributed by atoms with E-state index in [1.54, 1.807) is 4.57 Å². The van der Waals surface area contributed by atoms with Crippen LogP contribution in [0.15, 0.2) is 40.5 Å². The standard InChI is InChI=1S/C21H24N4O2S/c1-15-5-7-16(8-6-15)22-18(26)9-13-25-20(27)19-17(10-14-28-19)23-21(25)24-11-3-2-4-12-24/h5-8,10,14H,2-4,9,11-13H2,1H3,(H,22,26). The maximum Gasteiger partial charge on any atom is 0.272 e. The first-order valence-corrected chi connectivity index (χ1v) is 10.6. The van der Waals surface area contributed by atoms with E-state index in [0.717, 1.165) is 42.7 Å². The van der Waals surface area contributed by atoms with Gasteiger partial charge in [-0.15, -0.1) is 11.3 Å². The van der Waals surface area contributed by atoms with Gasteiger partial charge in [0.15, 0.2) is 0 Å². The number of nitrogens with zero attached hydrogens (tertiary/aromatic N) is 3. The van der Waals surface area contributed by atoms with Crippen LogP contribution in [0.3, 0.4) is 0 Å². The van der Waals surface area contributed by atoms with E-state index in [4.69, 9.17) is 4.98 Å². The minimum absolute atomic E-state index is 0.0521. The number of hydrogen-bond donors (Lipinski definition) is 1. The highest BCUT2D eigenvalue weighted by molar-refractivity contribution is 7.17. The minimum atomic E-state index is -0.105. The quantitative estimate of drug-likeness (QED) is 0.713. The number of aromatic nitrogens is 2. The van der Waals surface area contributed by atoms with Crippen molar-refractivity contribution in [2.75, 3.05) is 23.3 Å². The van der Waals surface area contributed by atoms with Crippen molar-refractivity contribution in [2.45, 2.75) is 39.2 Å². The van der Waals surface area contributed by atoms with Gasteiger partial charge in [0.2, 0.25) is 11.9 Å². The molecule has 1 aliphatic rings. The van der Waals surface area contributed by atoms with Crippen LogP contribution in [0.25, 0.3) is 10.2 Å². The Morgan fingerprint density at radius 3 is 2.64 bits per heavy atom. The average molecular weight is 397 g/mol. The predicted molar refractivity (Wildman–Crippen MR) is 114 cm³/mol. The highest BCUT2D eigenvalue weighted by Gasteiger charge is 2.20. The zero-order valence-corrected chi connectivity index (χ0v) is 16.8. The van der Waals surface area contributed by atoms with Gasteiger partial charge in [-0.3, -0.25) is 14.2 Å². The molecule has 0 spiro atoms. The number of carbonyl (C=O) groups excluding carboxylic acids is 1. The van der Waals surface area contributed by atoms with Gasteiger partial charge in [0.05, 0.1) is 5.52 Å². The zero-order chi connectivity index (χ0) is 19.5. The van der Waals surface area contributed by atoms with Gasteiger partial charge in [-0.05, 0) is 49.8 Å². The summed E-state index contributed by atoms with van der Waals surface area (Å²) in [7, 11) is 0. The number of thiophene rings is 1. The first-order chi connectivity index (χ1) is 13.6. The molecule has 1 aromatic carbocycles. The summed E-state index contributed by atoms with van der Waals surface area (Å²) in [6.45, 7) is 4.13. The topological polar surface area (TPSA) is 67.2 Å². The van der Waals surface area contributed by atoms with Gasteiger partial charge in [-0.25, -0.2) is 4.98 Å². The maximum absolute atomic E-state index is 13.0. The normalized spacial score (nSPS) is 14.4. The van der Waals surface area contributed by atoms with Gasteiger partial charge >= 0.3 is 0 Å². The van der Waals surface area contributed by atoms with Gasteiger partial charge in [-0.1, -0.05) is 17.7 Å². The molecule has 1 aliphatic heterocycles. The molecule has 28 heavy (non-hydrogen) atoms. The fourth-order valence-electron chi connectivity index (χ4n) is 3.54. The van der Waals surface area contributed by atoms with Gasteiger partial charge < -0.3 is 10.2 Å². The molecule has 0 unspecified atom stereocenters. The third-order valence-corrected chi connectivity index (χ3v) is 5.97. The minimum Gasteiger partial charge on any atom is -0.342 e. The van der Waals surface area contributed by atoms with Gasteiger partial charge in [0, 0.05) is 31.7 Å². The smallest absolute Gasteiger partial charge is 0.272 e. The summed E-state index contributed by atoms with van der Waals surface area (Å²) in [6, 6.07) is 9.59. The van der Waals surface area contributed by atoms with E-state index in [1.165, 1.54) is 17.8 Å². The predicted octanol–water partition coefficient (Wildman–Crippen LogP) is 3.79. The van der Waals surface area contributed by atoms with Crippen molar-refractivity contribution in [1.29, 1.82) is 0 Å². The summed E-state index contributed by atoms with van der Waals surface area (Å²) in [6.07, 6.45) is 3.64. The summed E-state index contributed by atoms with van der Waals surface area (Å²) in [4.78, 5) is 32.4. The summed E-state index contributed by atoms with van der Waals surface area (Å²) in [5.74, 6) is 0.588. The molecule has 0 bridgehead atoms. The Morgan fingerprint density at radius 2 is 1.89 bits per heavy atom. The Balaban J connectivity index is 1.56. The van der Waals surface area contributed by atoms with Crippen LogP contribution < -0.4 is 15.8 Å². The molecule has 7 heteroatoms. The molecule has 0 radical (unpaired) electrons. The highest BCUT2D eigenvalue weighted by Crippen LogP contribution is 2.22. The van der Waals surface area contributed by atoms with Gasteiger partial charge in [0.25, 0.3) is 5.56 Å². The molecule has 1 fully saturated rings. The molecule has 2 aromatic heterocycles. The van der Waals surface area contributed by atoms with Crippen LogP contribution >= 0.6 is 11.3 Å². The average Bonchev–Trinajstić information content (AvgIpc) is 3.18. The molecule has 1 N–H and O–H groups in total. The van der Waals surface area contributed by atoms with Gasteiger partial charge in [0.1, 0.15) is 4.70 Å². The molecule has 1 saturated heterocycles. The molecule has 3 aromatic rings. The highest BCUT2D eigenvalue weighted by atomic mass is 32.1. The van der Waals surface area contributed by atoms with E-state index in [2.05, 4.69) is 10.2 Å². The SMILES string of the molecule is Cc1ccc(NC(=O)CCn2c(N3CCCCC3)nc3ccsc3c2=O)cc1. The summed E-state index contributed by atoms with van der Waals surface area (Å²) < 4.78 is 2.33. The van der Waals surface area contributed by atoms with Crippen LogP contribution in [-0.2, 0) is 11.3 Å². The van der Waals surface area contributed by atoms with Crippen LogP contribution in [-0.4, -0.2) is 28.5 Å². The van der Waals surface area contributed by atoms with E-state index >= 15 is 0 Å². The lowest BCUT2D eigenvalue weighted by Crippen LogP contribution is -2.36. The second-order valence-electron chi connectivity index (χ2n) is 7.22. The van der Waals surface area contributed by atoms with Crippen LogP contribution in [0.4, 0.5) is 11.6 Å². The molecule has 146 valence electrons. The number of rotatable bonds is 5. The molecule has 0 aliphatic carbocycles. The molecule has 0 atom stereocenters. The summed E-state index contributed by atoms with van der Waals surface area (Å²) >= 11 is 1.41. The van der Waals surface area contributed by atoms with Crippen molar-refractivity contribution in [3.63, 3.8) is 0 Å². The molecular formula is C21H24N4O2S. The number of fused-ring (bicyclic) bond motifs is 1. The lowest BCUT2D eigenvalue weighted by Gasteiger charge is -2.29. The molecule has 4 rings (SSSR count). The van der Waals surface area contributed by atoms with Crippen molar-refractivity contribution >= 4 is 39.1 Å². The molecule has 0 saturated carbocycles. The van der Waals surface area contributed by atoms with Crippen LogP contribution in [0.5, 0.6) is 0 Å². The molecule has 3 heterocycles. The molecular weight excluding hydrogens is 372 g/mol. The van der Waals surface area contributed by atoms with E-state index < -0.39 is 0 Å². The van der Waals surface area contributed by atoms with Crippen molar-refractivity contribution < 1.29 is 4.79 Å². The van der Waals surface area contributed by atoms with E-state index in [0.29, 0.717) is 17.2 Å². The number of anilines is 2. The number of piperidine rings is 1. The van der Waals surface area contributed by atoms with Crippen LogP contribution in [0, 0.1) is 6.92 Å². The third kappa shape index (κ3) is 3.94. The largest absolute Gasteiger partial charge is 0.342 e. The second kappa shape index (κ2) is 8.14. The lowest BCUT2D eigenvalue weighted by molar-refractivity contribution is -0.116. The number of aryl methyl sites for hydroxylation is 1.